The van der Waals surface area contributed by atoms with E-state index in [1.807, 2.05) is 4.90 Å². The summed E-state index contributed by atoms with van der Waals surface area (Å²) in [6, 6.07) is 4.30. The number of ether oxygens (including phenoxy) is 3. The number of carbonyl (C=O) groups is 2. The van der Waals surface area contributed by atoms with Gasteiger partial charge in [0.2, 0.25) is 0 Å². The zero-order valence-electron chi connectivity index (χ0n) is 14.4. The van der Waals surface area contributed by atoms with Crippen molar-refractivity contribution in [1.29, 1.82) is 0 Å². The molecule has 0 amide bonds. The van der Waals surface area contributed by atoms with Crippen molar-refractivity contribution in [2.24, 2.45) is 0 Å². The zero-order chi connectivity index (χ0) is 18.9. The minimum Gasteiger partial charge on any atom is -0.419 e. The fourth-order valence-electron chi connectivity index (χ4n) is 2.80. The molecule has 3 rings (SSSR count). The highest BCUT2D eigenvalue weighted by atomic mass is 16.7. The molecule has 0 unspecified atom stereocenters. The van der Waals surface area contributed by atoms with Gasteiger partial charge in [-0.15, -0.1) is 0 Å². The van der Waals surface area contributed by atoms with Crippen molar-refractivity contribution in [2.75, 3.05) is 31.2 Å². The maximum Gasteiger partial charge on any atom is 0.348 e. The van der Waals surface area contributed by atoms with Gasteiger partial charge in [0.15, 0.2) is 0 Å². The van der Waals surface area contributed by atoms with E-state index < -0.39 is 22.6 Å². The maximum atomic E-state index is 12.2. The fraction of sp³-hybridized carbons (Fsp3) is 0.412. The molecule has 9 heteroatoms. The predicted molar refractivity (Wildman–Crippen MR) is 90.4 cm³/mol. The number of cyclic esters (lactones) is 2. The number of esters is 2. The van der Waals surface area contributed by atoms with Gasteiger partial charge in [0.25, 0.3) is 11.5 Å². The van der Waals surface area contributed by atoms with Crippen LogP contribution in [0.4, 0.5) is 11.4 Å². The molecule has 0 bridgehead atoms. The Morgan fingerprint density at radius 3 is 2.35 bits per heavy atom. The number of morpholine rings is 1. The van der Waals surface area contributed by atoms with E-state index in [2.05, 4.69) is 0 Å². The molecule has 0 radical (unpaired) electrons. The topological polar surface area (TPSA) is 108 Å². The lowest BCUT2D eigenvalue weighted by atomic mass is 10.1. The summed E-state index contributed by atoms with van der Waals surface area (Å²) in [5.41, 5.74) is 0.576. The van der Waals surface area contributed by atoms with Gasteiger partial charge < -0.3 is 19.1 Å². The Morgan fingerprint density at radius 2 is 1.77 bits per heavy atom. The molecule has 0 N–H and O–H groups in total. The molecule has 2 fully saturated rings. The van der Waals surface area contributed by atoms with Crippen molar-refractivity contribution in [3.8, 4) is 0 Å². The summed E-state index contributed by atoms with van der Waals surface area (Å²) < 4.78 is 15.5. The van der Waals surface area contributed by atoms with Crippen LogP contribution < -0.4 is 4.90 Å². The highest BCUT2D eigenvalue weighted by molar-refractivity contribution is 6.19. The number of benzene rings is 1. The first kappa shape index (κ1) is 17.9. The van der Waals surface area contributed by atoms with Gasteiger partial charge in [-0.3, -0.25) is 10.1 Å². The van der Waals surface area contributed by atoms with Crippen molar-refractivity contribution in [2.45, 2.75) is 19.6 Å². The summed E-state index contributed by atoms with van der Waals surface area (Å²) >= 11 is 0. The van der Waals surface area contributed by atoms with E-state index >= 15 is 0 Å². The second-order valence-corrected chi connectivity index (χ2v) is 6.34. The first-order chi connectivity index (χ1) is 12.3. The normalized spacial score (nSPS) is 19.6. The summed E-state index contributed by atoms with van der Waals surface area (Å²) in [7, 11) is 0. The number of non-ortho nitro benzene ring substituents is 1. The molecular formula is C17H18N2O7. The van der Waals surface area contributed by atoms with Crippen LogP contribution in [-0.4, -0.2) is 49.0 Å². The van der Waals surface area contributed by atoms with E-state index in [1.54, 1.807) is 6.07 Å². The van der Waals surface area contributed by atoms with Crippen LogP contribution in [0.1, 0.15) is 19.4 Å². The number of hydrogen-bond donors (Lipinski definition) is 0. The van der Waals surface area contributed by atoms with Crippen LogP contribution in [0.5, 0.6) is 0 Å². The Hall–Kier alpha value is -2.94. The lowest BCUT2D eigenvalue weighted by molar-refractivity contribution is -0.384. The van der Waals surface area contributed by atoms with E-state index in [4.69, 9.17) is 14.2 Å². The Morgan fingerprint density at radius 1 is 1.15 bits per heavy atom. The van der Waals surface area contributed by atoms with Crippen molar-refractivity contribution in [1.82, 2.24) is 0 Å². The maximum absolute atomic E-state index is 12.2. The minimum atomic E-state index is -1.35. The molecule has 0 aliphatic carbocycles. The summed E-state index contributed by atoms with van der Waals surface area (Å²) in [6.07, 6.45) is 1.28. The van der Waals surface area contributed by atoms with Crippen LogP contribution in [-0.2, 0) is 23.8 Å². The van der Waals surface area contributed by atoms with Gasteiger partial charge in [-0.25, -0.2) is 9.59 Å². The van der Waals surface area contributed by atoms with Gasteiger partial charge >= 0.3 is 11.9 Å². The molecule has 2 aliphatic rings. The number of nitro groups is 1. The Labute approximate surface area is 149 Å². The van der Waals surface area contributed by atoms with Crippen LogP contribution in [0.2, 0.25) is 0 Å². The number of rotatable bonds is 3. The van der Waals surface area contributed by atoms with E-state index in [-0.39, 0.29) is 11.3 Å². The molecule has 26 heavy (non-hydrogen) atoms. The van der Waals surface area contributed by atoms with Gasteiger partial charge in [-0.1, -0.05) is 0 Å². The molecule has 0 aromatic heterocycles. The molecule has 2 aliphatic heterocycles. The van der Waals surface area contributed by atoms with Crippen LogP contribution in [0, 0.1) is 10.1 Å². The molecule has 2 heterocycles. The first-order valence-corrected chi connectivity index (χ1v) is 8.06. The van der Waals surface area contributed by atoms with Crippen LogP contribution in [0.25, 0.3) is 6.08 Å². The smallest absolute Gasteiger partial charge is 0.348 e. The van der Waals surface area contributed by atoms with Gasteiger partial charge in [-0.05, 0) is 12.1 Å². The fourth-order valence-corrected chi connectivity index (χ4v) is 2.80. The second kappa shape index (κ2) is 6.75. The summed E-state index contributed by atoms with van der Waals surface area (Å²) in [5.74, 6) is -3.00. The lowest BCUT2D eigenvalue weighted by Crippen LogP contribution is -2.41. The number of hydrogen-bond acceptors (Lipinski definition) is 8. The third kappa shape index (κ3) is 3.67. The SMILES string of the molecule is CC1(C)OC(=O)C(=Cc2cc([N+](=O)[O-])ccc2N2CCOCC2)C(=O)O1. The number of anilines is 1. The van der Waals surface area contributed by atoms with Crippen molar-refractivity contribution < 1.29 is 28.7 Å². The summed E-state index contributed by atoms with van der Waals surface area (Å²) in [6.45, 7) is 5.13. The third-order valence-corrected chi connectivity index (χ3v) is 3.99. The lowest BCUT2D eigenvalue weighted by Gasteiger charge is -2.31. The standard InChI is InChI=1S/C17H18N2O7/c1-17(2)25-15(20)13(16(21)26-17)10-11-9-12(19(22)23)3-4-14(11)18-5-7-24-8-6-18/h3-4,9-10H,5-8H2,1-2H3. The molecule has 1 aromatic rings. The average Bonchev–Trinajstić information content (AvgIpc) is 2.58. The average molecular weight is 362 g/mol. The zero-order valence-corrected chi connectivity index (χ0v) is 14.4. The Balaban J connectivity index is 2.04. The van der Waals surface area contributed by atoms with Gasteiger partial charge in [0.05, 0.1) is 18.1 Å². The molecule has 0 atom stereocenters. The highest BCUT2D eigenvalue weighted by Crippen LogP contribution is 2.31. The number of carbonyl (C=O) groups excluding carboxylic acids is 2. The third-order valence-electron chi connectivity index (χ3n) is 3.99. The molecule has 0 spiro atoms. The van der Waals surface area contributed by atoms with Crippen molar-refractivity contribution in [3.63, 3.8) is 0 Å². The molecule has 1 aromatic carbocycles. The largest absolute Gasteiger partial charge is 0.419 e. The van der Waals surface area contributed by atoms with Gasteiger partial charge in [0.1, 0.15) is 5.57 Å². The molecular weight excluding hydrogens is 344 g/mol. The Kier molecular flexibility index (Phi) is 4.64. The van der Waals surface area contributed by atoms with Crippen LogP contribution >= 0.6 is 0 Å². The number of nitro benzene ring substituents is 1. The molecule has 0 saturated carbocycles. The second-order valence-electron chi connectivity index (χ2n) is 6.34. The van der Waals surface area contributed by atoms with Crippen LogP contribution in [0.3, 0.4) is 0 Å². The van der Waals surface area contributed by atoms with Crippen molar-refractivity contribution in [3.05, 3.63) is 39.4 Å². The van der Waals surface area contributed by atoms with E-state index in [0.29, 0.717) is 37.6 Å². The van der Waals surface area contributed by atoms with Crippen molar-refractivity contribution >= 4 is 29.4 Å². The summed E-state index contributed by atoms with van der Waals surface area (Å²) in [4.78, 5) is 36.9. The monoisotopic (exact) mass is 362 g/mol. The minimum absolute atomic E-state index is 0.147. The molecule has 2 saturated heterocycles. The number of nitrogens with zero attached hydrogens (tertiary/aromatic N) is 2. The first-order valence-electron chi connectivity index (χ1n) is 8.06. The van der Waals surface area contributed by atoms with E-state index in [1.165, 1.54) is 32.1 Å². The quantitative estimate of drug-likeness (QED) is 0.263. The van der Waals surface area contributed by atoms with Gasteiger partial charge in [0, 0.05) is 50.3 Å². The van der Waals surface area contributed by atoms with E-state index in [9.17, 15) is 19.7 Å². The predicted octanol–water partition coefficient (Wildman–Crippen LogP) is 1.65. The van der Waals surface area contributed by atoms with Crippen LogP contribution in [0.15, 0.2) is 23.8 Å². The van der Waals surface area contributed by atoms with Gasteiger partial charge in [-0.2, -0.15) is 0 Å². The van der Waals surface area contributed by atoms with E-state index in [0.717, 1.165) is 0 Å². The highest BCUT2D eigenvalue weighted by Gasteiger charge is 2.39. The molecule has 9 nitrogen and oxygen atoms in total. The summed E-state index contributed by atoms with van der Waals surface area (Å²) in [5, 5.41) is 11.1. The molecule has 138 valence electrons. The Bertz CT molecular complexity index is 772.